The Bertz CT molecular complexity index is 751. The van der Waals surface area contributed by atoms with Gasteiger partial charge in [0.25, 0.3) is 5.69 Å². The Morgan fingerprint density at radius 3 is 2.37 bits per heavy atom. The number of fused-ring (bicyclic) bond motifs is 1. The van der Waals surface area contributed by atoms with Crippen molar-refractivity contribution in [3.05, 3.63) is 70.8 Å². The van der Waals surface area contributed by atoms with E-state index < -0.39 is 4.92 Å². The molecule has 0 radical (unpaired) electrons. The molecule has 1 aromatic heterocycles. The normalized spacial score (nSPS) is 10.5. The number of non-ortho nitro benzene ring substituents is 1. The molecule has 1 heterocycles. The van der Waals surface area contributed by atoms with Crippen molar-refractivity contribution >= 4 is 16.6 Å². The number of pyridine rings is 1. The molecule has 2 aromatic carbocycles. The van der Waals surface area contributed by atoms with Crippen LogP contribution in [-0.4, -0.2) is 9.91 Å². The molecule has 0 aliphatic heterocycles. The van der Waals surface area contributed by atoms with Crippen LogP contribution in [0.5, 0.6) is 0 Å². The van der Waals surface area contributed by atoms with Gasteiger partial charge in [-0.15, -0.1) is 0 Å². The largest absolute Gasteiger partial charge is 0.269 e. The molecule has 0 aliphatic rings. The van der Waals surface area contributed by atoms with Gasteiger partial charge in [-0.1, -0.05) is 24.3 Å². The molecule has 4 nitrogen and oxygen atoms in total. The van der Waals surface area contributed by atoms with Crippen molar-refractivity contribution in [2.45, 2.75) is 0 Å². The highest BCUT2D eigenvalue weighted by atomic mass is 16.6. The van der Waals surface area contributed by atoms with Crippen molar-refractivity contribution in [2.75, 3.05) is 0 Å². The molecule has 0 aliphatic carbocycles. The fourth-order valence-electron chi connectivity index (χ4n) is 1.98. The van der Waals surface area contributed by atoms with E-state index in [2.05, 4.69) is 4.98 Å². The van der Waals surface area contributed by atoms with Crippen LogP contribution in [0.25, 0.3) is 22.2 Å². The summed E-state index contributed by atoms with van der Waals surface area (Å²) < 4.78 is 0. The van der Waals surface area contributed by atoms with Gasteiger partial charge >= 0.3 is 0 Å². The van der Waals surface area contributed by atoms with Crippen molar-refractivity contribution in [3.63, 3.8) is 0 Å². The highest BCUT2D eigenvalue weighted by Gasteiger charge is 2.06. The predicted octanol–water partition coefficient (Wildman–Crippen LogP) is 3.81. The van der Waals surface area contributed by atoms with Crippen LogP contribution >= 0.6 is 0 Å². The van der Waals surface area contributed by atoms with Crippen LogP contribution in [0.15, 0.2) is 60.7 Å². The third-order valence-corrected chi connectivity index (χ3v) is 2.97. The average Bonchev–Trinajstić information content (AvgIpc) is 2.47. The van der Waals surface area contributed by atoms with Crippen LogP contribution in [-0.2, 0) is 0 Å². The first-order valence-electron chi connectivity index (χ1n) is 5.85. The number of aromatic nitrogens is 1. The summed E-state index contributed by atoms with van der Waals surface area (Å²) >= 11 is 0. The summed E-state index contributed by atoms with van der Waals surface area (Å²) in [6.45, 7) is 0. The van der Waals surface area contributed by atoms with Crippen molar-refractivity contribution < 1.29 is 4.92 Å². The smallest absolute Gasteiger partial charge is 0.258 e. The quantitative estimate of drug-likeness (QED) is 0.513. The van der Waals surface area contributed by atoms with Crippen molar-refractivity contribution in [1.29, 1.82) is 0 Å². The van der Waals surface area contributed by atoms with Gasteiger partial charge in [-0.3, -0.25) is 10.1 Å². The average molecular weight is 250 g/mol. The summed E-state index contributed by atoms with van der Waals surface area (Å²) in [5, 5.41) is 11.7. The number of hydrogen-bond acceptors (Lipinski definition) is 3. The van der Waals surface area contributed by atoms with Crippen LogP contribution in [0.2, 0.25) is 0 Å². The summed E-state index contributed by atoms with van der Waals surface area (Å²) in [5.74, 6) is 0. The Hall–Kier alpha value is -2.75. The van der Waals surface area contributed by atoms with E-state index in [0.717, 1.165) is 22.2 Å². The van der Waals surface area contributed by atoms with Gasteiger partial charge in [0.15, 0.2) is 0 Å². The van der Waals surface area contributed by atoms with Gasteiger partial charge in [-0.05, 0) is 24.3 Å². The third-order valence-electron chi connectivity index (χ3n) is 2.97. The SMILES string of the molecule is O=[N+]([O-])c1ccc(-c2ccc3ccccc3n2)cc1. The lowest BCUT2D eigenvalue weighted by molar-refractivity contribution is -0.384. The summed E-state index contributed by atoms with van der Waals surface area (Å²) in [7, 11) is 0. The van der Waals surface area contributed by atoms with E-state index in [0.29, 0.717) is 0 Å². The molecule has 0 fully saturated rings. The van der Waals surface area contributed by atoms with Gasteiger partial charge in [0, 0.05) is 23.1 Å². The molecule has 0 spiro atoms. The lowest BCUT2D eigenvalue weighted by Gasteiger charge is -2.03. The fourth-order valence-corrected chi connectivity index (χ4v) is 1.98. The number of benzene rings is 2. The minimum atomic E-state index is -0.405. The molecule has 19 heavy (non-hydrogen) atoms. The second kappa shape index (κ2) is 4.49. The fraction of sp³-hybridized carbons (Fsp3) is 0. The number of nitro groups is 1. The van der Waals surface area contributed by atoms with Crippen LogP contribution in [0.1, 0.15) is 0 Å². The van der Waals surface area contributed by atoms with Gasteiger partial charge in [-0.25, -0.2) is 4.98 Å². The molecular weight excluding hydrogens is 240 g/mol. The highest BCUT2D eigenvalue weighted by Crippen LogP contribution is 2.23. The molecular formula is C15H10N2O2. The summed E-state index contributed by atoms with van der Waals surface area (Å²) in [6.07, 6.45) is 0. The first-order chi connectivity index (χ1) is 9.24. The predicted molar refractivity (Wildman–Crippen MR) is 73.8 cm³/mol. The first kappa shape index (κ1) is 11.3. The van der Waals surface area contributed by atoms with Crippen LogP contribution in [0, 0.1) is 10.1 Å². The van der Waals surface area contributed by atoms with E-state index >= 15 is 0 Å². The molecule has 3 rings (SSSR count). The molecule has 0 bridgehead atoms. The number of nitrogens with zero attached hydrogens (tertiary/aromatic N) is 2. The lowest BCUT2D eigenvalue weighted by Crippen LogP contribution is -1.88. The molecule has 4 heteroatoms. The number of rotatable bonds is 2. The Labute approximate surface area is 109 Å². The van der Waals surface area contributed by atoms with Gasteiger partial charge in [0.1, 0.15) is 0 Å². The zero-order valence-corrected chi connectivity index (χ0v) is 9.98. The highest BCUT2D eigenvalue weighted by molar-refractivity contribution is 5.81. The molecule has 92 valence electrons. The van der Waals surface area contributed by atoms with E-state index in [-0.39, 0.29) is 5.69 Å². The third kappa shape index (κ3) is 2.15. The zero-order chi connectivity index (χ0) is 13.2. The monoisotopic (exact) mass is 250 g/mol. The topological polar surface area (TPSA) is 56.0 Å². The Morgan fingerprint density at radius 2 is 1.63 bits per heavy atom. The minimum Gasteiger partial charge on any atom is -0.258 e. The molecule has 0 amide bonds. The molecule has 0 saturated carbocycles. The van der Waals surface area contributed by atoms with Crippen molar-refractivity contribution in [3.8, 4) is 11.3 Å². The Morgan fingerprint density at radius 1 is 0.895 bits per heavy atom. The van der Waals surface area contributed by atoms with E-state index in [1.165, 1.54) is 12.1 Å². The van der Waals surface area contributed by atoms with E-state index in [4.69, 9.17) is 0 Å². The lowest BCUT2D eigenvalue weighted by atomic mass is 10.1. The minimum absolute atomic E-state index is 0.0875. The molecule has 0 unspecified atom stereocenters. The van der Waals surface area contributed by atoms with Gasteiger partial charge in [0.2, 0.25) is 0 Å². The standard InChI is InChI=1S/C15H10N2O2/c18-17(19)13-8-5-12(6-9-13)15-10-7-11-3-1-2-4-14(11)16-15/h1-10H. The van der Waals surface area contributed by atoms with E-state index in [1.807, 2.05) is 36.4 Å². The second-order valence-electron chi connectivity index (χ2n) is 4.19. The molecule has 3 aromatic rings. The van der Waals surface area contributed by atoms with Crippen molar-refractivity contribution in [2.24, 2.45) is 0 Å². The van der Waals surface area contributed by atoms with Gasteiger partial charge < -0.3 is 0 Å². The van der Waals surface area contributed by atoms with E-state index in [9.17, 15) is 10.1 Å². The second-order valence-corrected chi connectivity index (χ2v) is 4.19. The van der Waals surface area contributed by atoms with E-state index in [1.54, 1.807) is 12.1 Å². The molecule has 0 atom stereocenters. The van der Waals surface area contributed by atoms with Crippen LogP contribution in [0.3, 0.4) is 0 Å². The Kier molecular flexibility index (Phi) is 2.68. The van der Waals surface area contributed by atoms with Crippen LogP contribution < -0.4 is 0 Å². The zero-order valence-electron chi connectivity index (χ0n) is 9.98. The van der Waals surface area contributed by atoms with Crippen molar-refractivity contribution in [1.82, 2.24) is 4.98 Å². The van der Waals surface area contributed by atoms with Gasteiger partial charge in [-0.2, -0.15) is 0 Å². The van der Waals surface area contributed by atoms with Crippen LogP contribution in [0.4, 0.5) is 5.69 Å². The maximum absolute atomic E-state index is 10.6. The first-order valence-corrected chi connectivity index (χ1v) is 5.85. The summed E-state index contributed by atoms with van der Waals surface area (Å²) in [6, 6.07) is 18.2. The molecule has 0 saturated heterocycles. The maximum atomic E-state index is 10.6. The molecule has 0 N–H and O–H groups in total. The van der Waals surface area contributed by atoms with Gasteiger partial charge in [0.05, 0.1) is 16.1 Å². The number of nitro benzene ring substituents is 1. The number of hydrogen-bond donors (Lipinski definition) is 0. The summed E-state index contributed by atoms with van der Waals surface area (Å²) in [4.78, 5) is 14.8. The number of para-hydroxylation sites is 1. The Balaban J connectivity index is 2.06. The summed E-state index contributed by atoms with van der Waals surface area (Å²) in [5.41, 5.74) is 2.69. The maximum Gasteiger partial charge on any atom is 0.269 e.